The van der Waals surface area contributed by atoms with Gasteiger partial charge in [0.05, 0.1) is 11.0 Å². The fourth-order valence-electron chi connectivity index (χ4n) is 2.41. The van der Waals surface area contributed by atoms with E-state index in [4.69, 9.17) is 0 Å². The maximum atomic E-state index is 13.3. The molecule has 0 saturated heterocycles. The first-order chi connectivity index (χ1) is 11.9. The first kappa shape index (κ1) is 16.6. The van der Waals surface area contributed by atoms with Gasteiger partial charge >= 0.3 is 11.1 Å². The van der Waals surface area contributed by atoms with Crippen molar-refractivity contribution in [2.24, 2.45) is 0 Å². The monoisotopic (exact) mass is 345 g/mol. The molecule has 2 N–H and O–H groups in total. The number of rotatable bonds is 4. The average Bonchev–Trinajstić information content (AvgIpc) is 2.58. The Morgan fingerprint density at radius 2 is 1.72 bits per heavy atom. The number of aromatic nitrogens is 2. The molecule has 0 fully saturated rings. The summed E-state index contributed by atoms with van der Waals surface area (Å²) in [6, 6.07) is 9.10. The molecule has 8 heteroatoms. The van der Waals surface area contributed by atoms with Crippen molar-refractivity contribution in [1.29, 1.82) is 0 Å². The predicted octanol–water partition coefficient (Wildman–Crippen LogP) is 1.28. The van der Waals surface area contributed by atoms with Crippen molar-refractivity contribution in [3.63, 3.8) is 0 Å². The van der Waals surface area contributed by atoms with Gasteiger partial charge in [0.1, 0.15) is 18.2 Å². The summed E-state index contributed by atoms with van der Waals surface area (Å²) < 4.78 is 27.1. The van der Waals surface area contributed by atoms with Crippen molar-refractivity contribution in [2.45, 2.75) is 13.1 Å². The second kappa shape index (κ2) is 6.68. The second-order valence-corrected chi connectivity index (χ2v) is 5.41. The smallest absolute Gasteiger partial charge is 0.317 e. The highest BCUT2D eigenvalue weighted by molar-refractivity contribution is 5.80. The van der Waals surface area contributed by atoms with E-state index in [9.17, 15) is 23.2 Å². The first-order valence-corrected chi connectivity index (χ1v) is 7.37. The van der Waals surface area contributed by atoms with Crippen LogP contribution in [0, 0.1) is 11.6 Å². The normalized spacial score (nSPS) is 10.8. The van der Waals surface area contributed by atoms with Crippen LogP contribution < -0.4 is 16.4 Å². The van der Waals surface area contributed by atoms with Crippen molar-refractivity contribution in [3.8, 4) is 0 Å². The lowest BCUT2D eigenvalue weighted by molar-refractivity contribution is -0.121. The molecule has 0 bridgehead atoms. The third-order valence-electron chi connectivity index (χ3n) is 3.64. The number of halogens is 2. The average molecular weight is 345 g/mol. The van der Waals surface area contributed by atoms with Crippen LogP contribution in [0.2, 0.25) is 0 Å². The molecule has 0 saturated carbocycles. The molecule has 0 unspecified atom stereocenters. The molecule has 1 amide bonds. The molecule has 3 rings (SSSR count). The third-order valence-corrected chi connectivity index (χ3v) is 3.64. The summed E-state index contributed by atoms with van der Waals surface area (Å²) in [5.74, 6) is -1.47. The van der Waals surface area contributed by atoms with Crippen LogP contribution in [-0.4, -0.2) is 15.5 Å². The first-order valence-electron chi connectivity index (χ1n) is 7.37. The van der Waals surface area contributed by atoms with Gasteiger partial charge in [-0.15, -0.1) is 0 Å². The van der Waals surface area contributed by atoms with Crippen LogP contribution >= 0.6 is 0 Å². The highest BCUT2D eigenvalue weighted by atomic mass is 19.1. The summed E-state index contributed by atoms with van der Waals surface area (Å²) in [4.78, 5) is 38.1. The number of nitrogens with one attached hydrogen (secondary N) is 2. The Morgan fingerprint density at radius 3 is 2.44 bits per heavy atom. The molecule has 0 aliphatic carbocycles. The number of amides is 1. The molecule has 0 atom stereocenters. The Morgan fingerprint density at radius 1 is 1.04 bits per heavy atom. The minimum atomic E-state index is -0.940. The maximum absolute atomic E-state index is 13.3. The van der Waals surface area contributed by atoms with Crippen LogP contribution in [-0.2, 0) is 17.9 Å². The van der Waals surface area contributed by atoms with Crippen LogP contribution in [0.5, 0.6) is 0 Å². The van der Waals surface area contributed by atoms with Crippen LogP contribution in [0.15, 0.2) is 52.1 Å². The van der Waals surface area contributed by atoms with Crippen LogP contribution in [0.1, 0.15) is 5.56 Å². The van der Waals surface area contributed by atoms with Crippen molar-refractivity contribution >= 4 is 16.9 Å². The molecule has 2 aromatic carbocycles. The number of benzene rings is 2. The Hall–Kier alpha value is -3.29. The minimum absolute atomic E-state index is 0.121. The number of aromatic amines is 1. The van der Waals surface area contributed by atoms with Crippen molar-refractivity contribution in [3.05, 3.63) is 80.4 Å². The molecule has 0 aliphatic rings. The number of H-pyrrole nitrogens is 1. The Labute approximate surface area is 139 Å². The summed E-state index contributed by atoms with van der Waals surface area (Å²) in [5.41, 5.74) is -0.806. The van der Waals surface area contributed by atoms with Crippen molar-refractivity contribution in [1.82, 2.24) is 14.9 Å². The van der Waals surface area contributed by atoms with E-state index in [1.165, 1.54) is 30.3 Å². The van der Waals surface area contributed by atoms with Gasteiger partial charge in [0.25, 0.3) is 0 Å². The number of carbonyl (C=O) groups is 1. The fraction of sp³-hybridized carbons (Fsp3) is 0.118. The molecule has 0 aliphatic heterocycles. The van der Waals surface area contributed by atoms with Gasteiger partial charge in [0, 0.05) is 6.54 Å². The van der Waals surface area contributed by atoms with Crippen LogP contribution in [0.4, 0.5) is 8.78 Å². The van der Waals surface area contributed by atoms with E-state index in [1.54, 1.807) is 0 Å². The lowest BCUT2D eigenvalue weighted by Crippen LogP contribution is -2.40. The number of carbonyl (C=O) groups excluding carboxylic acids is 1. The predicted molar refractivity (Wildman–Crippen MR) is 87.0 cm³/mol. The topological polar surface area (TPSA) is 84.0 Å². The lowest BCUT2D eigenvalue weighted by Gasteiger charge is -2.10. The van der Waals surface area contributed by atoms with Gasteiger partial charge in [-0.25, -0.2) is 8.78 Å². The van der Waals surface area contributed by atoms with Crippen molar-refractivity contribution in [2.75, 3.05) is 0 Å². The molecule has 25 heavy (non-hydrogen) atoms. The summed E-state index contributed by atoms with van der Waals surface area (Å²) >= 11 is 0. The maximum Gasteiger partial charge on any atom is 0.317 e. The van der Waals surface area contributed by atoms with E-state index < -0.39 is 29.4 Å². The van der Waals surface area contributed by atoms with Gasteiger partial charge in [0.2, 0.25) is 5.91 Å². The van der Waals surface area contributed by atoms with Crippen molar-refractivity contribution < 1.29 is 13.6 Å². The van der Waals surface area contributed by atoms with Gasteiger partial charge in [-0.2, -0.15) is 0 Å². The Kier molecular flexibility index (Phi) is 4.42. The van der Waals surface area contributed by atoms with E-state index >= 15 is 0 Å². The van der Waals surface area contributed by atoms with E-state index in [0.29, 0.717) is 5.56 Å². The standard InChI is InChI=1S/C17H13F2N3O3/c18-11-3-1-10(2-4-11)8-20-15(23)9-22-14-6-5-12(19)7-13(14)21-16(24)17(22)25/h1-7H,8-9H2,(H,20,23)(H,21,24). The third kappa shape index (κ3) is 3.63. The molecule has 128 valence electrons. The number of fused-ring (bicyclic) bond motifs is 1. The van der Waals surface area contributed by atoms with E-state index in [1.807, 2.05) is 0 Å². The zero-order valence-electron chi connectivity index (χ0n) is 12.9. The van der Waals surface area contributed by atoms with E-state index in [-0.39, 0.29) is 23.4 Å². The lowest BCUT2D eigenvalue weighted by atomic mass is 10.2. The van der Waals surface area contributed by atoms with Gasteiger partial charge in [-0.3, -0.25) is 19.0 Å². The highest BCUT2D eigenvalue weighted by Crippen LogP contribution is 2.10. The molecule has 0 radical (unpaired) electrons. The molecular weight excluding hydrogens is 332 g/mol. The van der Waals surface area contributed by atoms with Crippen LogP contribution in [0.25, 0.3) is 11.0 Å². The van der Waals surface area contributed by atoms with E-state index in [0.717, 1.165) is 16.7 Å². The number of hydrogen-bond acceptors (Lipinski definition) is 3. The largest absolute Gasteiger partial charge is 0.350 e. The summed E-state index contributed by atoms with van der Waals surface area (Å²) in [6.45, 7) is -0.254. The molecule has 3 aromatic rings. The number of nitrogens with zero attached hydrogens (tertiary/aromatic N) is 1. The number of hydrogen-bond donors (Lipinski definition) is 2. The van der Waals surface area contributed by atoms with Gasteiger partial charge in [0.15, 0.2) is 0 Å². The summed E-state index contributed by atoms with van der Waals surface area (Å²) in [6.07, 6.45) is 0. The van der Waals surface area contributed by atoms with Crippen LogP contribution in [0.3, 0.4) is 0 Å². The van der Waals surface area contributed by atoms with Gasteiger partial charge in [-0.05, 0) is 35.9 Å². The quantitative estimate of drug-likeness (QED) is 0.699. The Balaban J connectivity index is 1.83. The molecule has 6 nitrogen and oxygen atoms in total. The summed E-state index contributed by atoms with van der Waals surface area (Å²) in [7, 11) is 0. The molecule has 1 heterocycles. The highest BCUT2D eigenvalue weighted by Gasteiger charge is 2.12. The minimum Gasteiger partial charge on any atom is -0.350 e. The zero-order valence-corrected chi connectivity index (χ0v) is 12.9. The molecule has 1 aromatic heterocycles. The van der Waals surface area contributed by atoms with Gasteiger partial charge < -0.3 is 10.3 Å². The van der Waals surface area contributed by atoms with Gasteiger partial charge in [-0.1, -0.05) is 12.1 Å². The summed E-state index contributed by atoms with van der Waals surface area (Å²) in [5, 5.41) is 2.58. The SMILES string of the molecule is O=C(Cn1c(=O)c(=O)[nH]c2cc(F)ccc21)NCc1ccc(F)cc1. The molecule has 0 spiro atoms. The zero-order chi connectivity index (χ0) is 18.0. The van der Waals surface area contributed by atoms with E-state index in [2.05, 4.69) is 10.3 Å². The molecular formula is C17H13F2N3O3. The second-order valence-electron chi connectivity index (χ2n) is 5.41. The Bertz CT molecular complexity index is 1060. The fourth-order valence-corrected chi connectivity index (χ4v) is 2.41.